The molecule has 38 heavy (non-hydrogen) atoms. The average molecular weight is 554 g/mol. The molecule has 0 radical (unpaired) electrons. The summed E-state index contributed by atoms with van der Waals surface area (Å²) in [6.45, 7) is 3.01. The van der Waals surface area contributed by atoms with E-state index in [4.69, 9.17) is 24.5 Å². The van der Waals surface area contributed by atoms with Crippen LogP contribution >= 0.6 is 0 Å². The Morgan fingerprint density at radius 1 is 1.00 bits per heavy atom. The number of hydrogen-bond acceptors (Lipinski definition) is 6. The van der Waals surface area contributed by atoms with Crippen LogP contribution in [0.15, 0.2) is 36.9 Å². The number of aryl methyl sites for hydroxylation is 1. The van der Waals surface area contributed by atoms with Gasteiger partial charge in [0.25, 0.3) is 0 Å². The van der Waals surface area contributed by atoms with Crippen molar-refractivity contribution in [1.29, 1.82) is 0 Å². The zero-order valence-electron chi connectivity index (χ0n) is 20.3. The number of halogens is 6. The average Bonchev–Trinajstić information content (AvgIpc) is 3.46. The molecule has 4 rings (SSSR count). The monoisotopic (exact) mass is 554 g/mol. The lowest BCUT2D eigenvalue weighted by molar-refractivity contribution is -0.193. The number of carboxylic acids is 2. The molecule has 2 aliphatic rings. The van der Waals surface area contributed by atoms with Crippen molar-refractivity contribution in [2.45, 2.75) is 56.7 Å². The van der Waals surface area contributed by atoms with E-state index in [1.54, 1.807) is 0 Å². The summed E-state index contributed by atoms with van der Waals surface area (Å²) >= 11 is 0. The van der Waals surface area contributed by atoms with Gasteiger partial charge in [-0.25, -0.2) is 9.59 Å². The van der Waals surface area contributed by atoms with Gasteiger partial charge in [0, 0.05) is 51.4 Å². The number of carbonyl (C=O) groups is 2. The van der Waals surface area contributed by atoms with Crippen LogP contribution in [0.5, 0.6) is 0 Å². The van der Waals surface area contributed by atoms with Crippen molar-refractivity contribution < 1.29 is 50.9 Å². The van der Waals surface area contributed by atoms with Gasteiger partial charge in [0.05, 0.1) is 12.3 Å². The highest BCUT2D eigenvalue weighted by molar-refractivity contribution is 5.73. The summed E-state index contributed by atoms with van der Waals surface area (Å²) in [5.41, 5.74) is 2.62. The van der Waals surface area contributed by atoms with Crippen LogP contribution in [0.1, 0.15) is 30.4 Å². The van der Waals surface area contributed by atoms with Gasteiger partial charge in [-0.1, -0.05) is 0 Å². The number of hydrogen-bond donors (Lipinski definition) is 2. The molecule has 1 aliphatic heterocycles. The Hall–Kier alpha value is -3.20. The van der Waals surface area contributed by atoms with Gasteiger partial charge in [0.1, 0.15) is 0 Å². The van der Waals surface area contributed by atoms with Crippen LogP contribution in [0.25, 0.3) is 0 Å². The van der Waals surface area contributed by atoms with Crippen molar-refractivity contribution >= 4 is 11.9 Å². The van der Waals surface area contributed by atoms with E-state index in [0.717, 1.165) is 38.5 Å². The predicted molar refractivity (Wildman–Crippen MR) is 120 cm³/mol. The first-order chi connectivity index (χ1) is 17.7. The summed E-state index contributed by atoms with van der Waals surface area (Å²) in [6.07, 6.45) is 2.87. The van der Waals surface area contributed by atoms with Crippen molar-refractivity contribution in [2.75, 3.05) is 13.2 Å². The zero-order valence-corrected chi connectivity index (χ0v) is 20.3. The topological polar surface area (TPSA) is 118 Å². The lowest BCUT2D eigenvalue weighted by Crippen LogP contribution is -2.38. The molecular formula is C23H28F6N4O5. The highest BCUT2D eigenvalue weighted by Crippen LogP contribution is 2.32. The number of ether oxygens (including phenoxy) is 1. The number of likely N-dealkylation sites (tertiary alicyclic amines) is 1. The van der Waals surface area contributed by atoms with E-state index in [-0.39, 0.29) is 0 Å². The van der Waals surface area contributed by atoms with Gasteiger partial charge in [0.15, 0.2) is 0 Å². The van der Waals surface area contributed by atoms with Gasteiger partial charge >= 0.3 is 24.3 Å². The highest BCUT2D eigenvalue weighted by Gasteiger charge is 2.39. The quantitative estimate of drug-likeness (QED) is 0.498. The van der Waals surface area contributed by atoms with E-state index in [1.807, 2.05) is 30.3 Å². The molecule has 0 amide bonds. The molecule has 9 nitrogen and oxygen atoms in total. The third-order valence-corrected chi connectivity index (χ3v) is 5.67. The van der Waals surface area contributed by atoms with Crippen LogP contribution in [0.2, 0.25) is 0 Å². The normalized spacial score (nSPS) is 19.7. The van der Waals surface area contributed by atoms with Crippen LogP contribution in [0, 0.1) is 5.92 Å². The number of carboxylic acid groups (broad SMARTS) is 2. The molecule has 0 spiro atoms. The van der Waals surface area contributed by atoms with E-state index in [0.29, 0.717) is 12.1 Å². The van der Waals surface area contributed by atoms with Crippen LogP contribution in [0.3, 0.4) is 0 Å². The van der Waals surface area contributed by atoms with Crippen molar-refractivity contribution in [3.63, 3.8) is 0 Å². The minimum atomic E-state index is -5.08. The smallest absolute Gasteiger partial charge is 0.475 e. The molecule has 2 aromatic rings. The molecule has 0 aromatic carbocycles. The van der Waals surface area contributed by atoms with E-state index in [9.17, 15) is 26.3 Å². The largest absolute Gasteiger partial charge is 0.490 e. The number of nitrogens with zero attached hydrogens (tertiary/aromatic N) is 4. The number of aromatic nitrogens is 3. The maximum atomic E-state index is 10.6. The van der Waals surface area contributed by atoms with Crippen LogP contribution in [-0.4, -0.2) is 79.5 Å². The predicted octanol–water partition coefficient (Wildman–Crippen LogP) is 3.69. The van der Waals surface area contributed by atoms with Crippen molar-refractivity contribution in [3.8, 4) is 0 Å². The standard InChI is InChI=1S/C19H26N4O.2C2HF3O2/c1-22-12-17(11-21-22)10-18-19(24-14-16-2-3-16)6-9-23(18)13-15-4-7-20-8-5-15;2*3-2(4,5)1(6)7/h4-5,7-8,11-12,16,18-19H,2-3,6,9-10,13-14H2,1H3;2*(H,6,7)/t18-,19+;;/m0../s1. The number of pyridine rings is 1. The minimum absolute atomic E-state index is 0.340. The fraction of sp³-hybridized carbons (Fsp3) is 0.565. The van der Waals surface area contributed by atoms with E-state index < -0.39 is 24.3 Å². The summed E-state index contributed by atoms with van der Waals surface area (Å²) in [4.78, 5) is 24.5. The Kier molecular flexibility index (Phi) is 11.1. The summed E-state index contributed by atoms with van der Waals surface area (Å²) in [6, 6.07) is 4.65. The molecule has 2 aromatic heterocycles. The van der Waals surface area contributed by atoms with Gasteiger partial charge in [-0.15, -0.1) is 0 Å². The van der Waals surface area contributed by atoms with Crippen LogP contribution in [0.4, 0.5) is 26.3 Å². The van der Waals surface area contributed by atoms with Gasteiger partial charge < -0.3 is 14.9 Å². The molecule has 1 saturated heterocycles. The van der Waals surface area contributed by atoms with Crippen molar-refractivity contribution in [1.82, 2.24) is 19.7 Å². The molecule has 2 N–H and O–H groups in total. The Morgan fingerprint density at radius 2 is 1.55 bits per heavy atom. The molecule has 15 heteroatoms. The Bertz CT molecular complexity index is 1000. The lowest BCUT2D eigenvalue weighted by atomic mass is 10.0. The maximum absolute atomic E-state index is 10.6. The summed E-state index contributed by atoms with van der Waals surface area (Å²) in [5.74, 6) is -4.70. The third kappa shape index (κ3) is 11.0. The first kappa shape index (κ1) is 31.0. The van der Waals surface area contributed by atoms with E-state index in [1.165, 1.54) is 24.0 Å². The molecule has 2 atom stereocenters. The van der Waals surface area contributed by atoms with Gasteiger partial charge in [0.2, 0.25) is 0 Å². The van der Waals surface area contributed by atoms with E-state index >= 15 is 0 Å². The van der Waals surface area contributed by atoms with E-state index in [2.05, 4.69) is 33.3 Å². The molecule has 2 fully saturated rings. The first-order valence-electron chi connectivity index (χ1n) is 11.5. The Labute approximate surface area is 214 Å². The number of rotatable bonds is 7. The fourth-order valence-electron chi connectivity index (χ4n) is 3.62. The number of alkyl halides is 6. The van der Waals surface area contributed by atoms with Crippen molar-refractivity contribution in [2.24, 2.45) is 13.0 Å². The lowest BCUT2D eigenvalue weighted by Gasteiger charge is -2.28. The van der Waals surface area contributed by atoms with Gasteiger partial charge in [-0.2, -0.15) is 31.4 Å². The molecule has 212 valence electrons. The summed E-state index contributed by atoms with van der Waals surface area (Å²) in [7, 11) is 1.98. The molecule has 0 bridgehead atoms. The molecule has 0 unspecified atom stereocenters. The zero-order chi connectivity index (χ0) is 28.5. The van der Waals surface area contributed by atoms with Gasteiger partial charge in [-0.3, -0.25) is 14.6 Å². The molecule has 1 saturated carbocycles. The second kappa shape index (κ2) is 13.6. The number of aliphatic carboxylic acids is 2. The highest BCUT2D eigenvalue weighted by atomic mass is 19.4. The second-order valence-corrected chi connectivity index (χ2v) is 8.83. The summed E-state index contributed by atoms with van der Waals surface area (Å²) in [5, 5.41) is 18.6. The van der Waals surface area contributed by atoms with Gasteiger partial charge in [-0.05, 0) is 54.9 Å². The third-order valence-electron chi connectivity index (χ3n) is 5.67. The Balaban J connectivity index is 0.000000301. The van der Waals surface area contributed by atoms with Crippen LogP contribution in [-0.2, 0) is 34.3 Å². The molecule has 3 heterocycles. The SMILES string of the molecule is Cn1cc(C[C@H]2[C@H](OCC3CC3)CCN2Cc2ccncc2)cn1.O=C(O)C(F)(F)F.O=C(O)C(F)(F)F. The fourth-order valence-corrected chi connectivity index (χ4v) is 3.62. The summed E-state index contributed by atoms with van der Waals surface area (Å²) < 4.78 is 71.7. The first-order valence-corrected chi connectivity index (χ1v) is 11.5. The van der Waals surface area contributed by atoms with Crippen LogP contribution < -0.4 is 0 Å². The Morgan fingerprint density at radius 3 is 2.00 bits per heavy atom. The second-order valence-electron chi connectivity index (χ2n) is 8.83. The molecule has 1 aliphatic carbocycles. The minimum Gasteiger partial charge on any atom is -0.475 e. The maximum Gasteiger partial charge on any atom is 0.490 e. The van der Waals surface area contributed by atoms with Crippen molar-refractivity contribution in [3.05, 3.63) is 48.0 Å². The molecular weight excluding hydrogens is 526 g/mol.